The van der Waals surface area contributed by atoms with Crippen molar-refractivity contribution in [1.29, 1.82) is 0 Å². The van der Waals surface area contributed by atoms with Crippen LogP contribution >= 0.6 is 12.4 Å². The number of aryl methyl sites for hydroxylation is 1. The molecule has 1 heterocycles. The fourth-order valence-electron chi connectivity index (χ4n) is 3.52. The van der Waals surface area contributed by atoms with Crippen LogP contribution < -0.4 is 16.0 Å². The van der Waals surface area contributed by atoms with Crippen LogP contribution in [0.15, 0.2) is 24.3 Å². The first-order chi connectivity index (χ1) is 11.1. The first kappa shape index (κ1) is 18.7. The second kappa shape index (κ2) is 8.49. The zero-order valence-electron chi connectivity index (χ0n) is 13.9. The molecule has 0 saturated heterocycles. The molecule has 0 spiro atoms. The van der Waals surface area contributed by atoms with Gasteiger partial charge < -0.3 is 16.0 Å². The lowest BCUT2D eigenvalue weighted by atomic mass is 9.92. The highest BCUT2D eigenvalue weighted by Gasteiger charge is 2.25. The number of fused-ring (bicyclic) bond motifs is 1. The predicted molar refractivity (Wildman–Crippen MR) is 97.4 cm³/mol. The summed E-state index contributed by atoms with van der Waals surface area (Å²) in [4.78, 5) is 26.1. The van der Waals surface area contributed by atoms with E-state index in [9.17, 15) is 9.59 Å². The highest BCUT2D eigenvalue weighted by Crippen LogP contribution is 2.27. The Kier molecular flexibility index (Phi) is 6.63. The van der Waals surface area contributed by atoms with Crippen LogP contribution in [0.1, 0.15) is 44.1 Å². The van der Waals surface area contributed by atoms with Crippen LogP contribution in [0.2, 0.25) is 0 Å². The number of para-hydroxylation sites is 1. The van der Waals surface area contributed by atoms with Crippen molar-refractivity contribution in [1.82, 2.24) is 5.32 Å². The van der Waals surface area contributed by atoms with Crippen LogP contribution in [0.25, 0.3) is 0 Å². The molecular weight excluding hydrogens is 326 g/mol. The van der Waals surface area contributed by atoms with Crippen molar-refractivity contribution >= 4 is 29.9 Å². The first-order valence-corrected chi connectivity index (χ1v) is 8.56. The summed E-state index contributed by atoms with van der Waals surface area (Å²) < 4.78 is 0. The Hall–Kier alpha value is -1.59. The van der Waals surface area contributed by atoms with Crippen molar-refractivity contribution in [2.75, 3.05) is 11.4 Å². The van der Waals surface area contributed by atoms with Gasteiger partial charge in [-0.05, 0) is 43.7 Å². The largest absolute Gasteiger partial charge is 0.353 e. The maximum atomic E-state index is 12.2. The number of halogens is 1. The van der Waals surface area contributed by atoms with Gasteiger partial charge in [-0.15, -0.1) is 12.4 Å². The van der Waals surface area contributed by atoms with Gasteiger partial charge in [-0.25, -0.2) is 0 Å². The number of nitrogens with zero attached hydrogens (tertiary/aromatic N) is 1. The topological polar surface area (TPSA) is 75.4 Å². The van der Waals surface area contributed by atoms with Gasteiger partial charge in [0.25, 0.3) is 0 Å². The molecule has 1 fully saturated rings. The van der Waals surface area contributed by atoms with Crippen molar-refractivity contribution in [2.24, 2.45) is 5.73 Å². The van der Waals surface area contributed by atoms with E-state index in [0.717, 1.165) is 37.8 Å². The molecule has 0 atom stereocenters. The van der Waals surface area contributed by atoms with E-state index in [1.807, 2.05) is 18.2 Å². The number of hydrogen-bond donors (Lipinski definition) is 2. The lowest BCUT2D eigenvalue weighted by Crippen LogP contribution is -2.42. The van der Waals surface area contributed by atoms with Crippen LogP contribution in [0, 0.1) is 0 Å². The highest BCUT2D eigenvalue weighted by atomic mass is 35.5. The fourth-order valence-corrected chi connectivity index (χ4v) is 3.52. The van der Waals surface area contributed by atoms with Gasteiger partial charge in [0.2, 0.25) is 11.8 Å². The average molecular weight is 352 g/mol. The number of nitrogens with one attached hydrogen (secondary N) is 1. The molecule has 5 nitrogen and oxygen atoms in total. The fraction of sp³-hybridized carbons (Fsp3) is 0.556. The summed E-state index contributed by atoms with van der Waals surface area (Å²) in [6.45, 7) is 0.452. The third-order valence-electron chi connectivity index (χ3n) is 4.89. The SMILES string of the molecule is Cl.NC1CCC(NC(=O)CCN2C(=O)CCc3ccccc32)CC1. The van der Waals surface area contributed by atoms with Gasteiger partial charge in [0.1, 0.15) is 0 Å². The number of amides is 2. The van der Waals surface area contributed by atoms with E-state index < -0.39 is 0 Å². The maximum absolute atomic E-state index is 12.2. The number of nitrogens with two attached hydrogens (primary N) is 1. The number of hydrogen-bond acceptors (Lipinski definition) is 3. The molecule has 3 rings (SSSR count). The number of carbonyl (C=O) groups is 2. The normalized spacial score (nSPS) is 23.2. The molecule has 0 radical (unpaired) electrons. The third kappa shape index (κ3) is 4.48. The smallest absolute Gasteiger partial charge is 0.227 e. The van der Waals surface area contributed by atoms with E-state index in [4.69, 9.17) is 5.73 Å². The van der Waals surface area contributed by atoms with Crippen LogP contribution in [0.3, 0.4) is 0 Å². The first-order valence-electron chi connectivity index (χ1n) is 8.56. The molecule has 3 N–H and O–H groups in total. The molecular formula is C18H26ClN3O2. The molecule has 24 heavy (non-hydrogen) atoms. The summed E-state index contributed by atoms with van der Waals surface area (Å²) >= 11 is 0. The summed E-state index contributed by atoms with van der Waals surface area (Å²) in [7, 11) is 0. The van der Waals surface area contributed by atoms with Gasteiger partial charge in [0.05, 0.1) is 0 Å². The molecule has 1 aliphatic carbocycles. The quantitative estimate of drug-likeness (QED) is 0.872. The van der Waals surface area contributed by atoms with Crippen molar-refractivity contribution < 1.29 is 9.59 Å². The van der Waals surface area contributed by atoms with Crippen molar-refractivity contribution in [3.8, 4) is 0 Å². The molecule has 1 saturated carbocycles. The van der Waals surface area contributed by atoms with Gasteiger partial charge in [-0.1, -0.05) is 18.2 Å². The number of anilines is 1. The Bertz CT molecular complexity index is 585. The summed E-state index contributed by atoms with van der Waals surface area (Å²) in [5, 5.41) is 3.09. The van der Waals surface area contributed by atoms with E-state index in [1.165, 1.54) is 5.56 Å². The van der Waals surface area contributed by atoms with E-state index in [-0.39, 0.29) is 36.3 Å². The second-order valence-electron chi connectivity index (χ2n) is 6.60. The summed E-state index contributed by atoms with van der Waals surface area (Å²) in [6.07, 6.45) is 5.53. The Morgan fingerprint density at radius 1 is 1.17 bits per heavy atom. The van der Waals surface area contributed by atoms with Gasteiger partial charge in [-0.3, -0.25) is 9.59 Å². The van der Waals surface area contributed by atoms with Gasteiger partial charge in [-0.2, -0.15) is 0 Å². The molecule has 0 bridgehead atoms. The standard InChI is InChI=1S/C18H25N3O2.ClH/c19-14-6-8-15(9-7-14)20-17(22)11-12-21-16-4-2-1-3-13(16)5-10-18(21)23;/h1-4,14-15H,5-12,19H2,(H,20,22);1H. The van der Waals surface area contributed by atoms with Crippen LogP contribution in [0.5, 0.6) is 0 Å². The molecule has 132 valence electrons. The Morgan fingerprint density at radius 3 is 2.62 bits per heavy atom. The van der Waals surface area contributed by atoms with E-state index in [2.05, 4.69) is 11.4 Å². The van der Waals surface area contributed by atoms with Gasteiger partial charge in [0, 0.05) is 37.2 Å². The van der Waals surface area contributed by atoms with E-state index in [0.29, 0.717) is 19.4 Å². The predicted octanol–water partition coefficient (Wildman–Crippen LogP) is 2.16. The molecule has 1 aliphatic heterocycles. The maximum Gasteiger partial charge on any atom is 0.227 e. The zero-order valence-corrected chi connectivity index (χ0v) is 14.7. The zero-order chi connectivity index (χ0) is 16.2. The van der Waals surface area contributed by atoms with Crippen molar-refractivity contribution in [3.05, 3.63) is 29.8 Å². The lowest BCUT2D eigenvalue weighted by Gasteiger charge is -2.30. The Morgan fingerprint density at radius 2 is 1.88 bits per heavy atom. The Balaban J connectivity index is 0.00000208. The molecule has 0 aromatic heterocycles. The minimum Gasteiger partial charge on any atom is -0.353 e. The highest BCUT2D eigenvalue weighted by molar-refractivity contribution is 5.97. The second-order valence-corrected chi connectivity index (χ2v) is 6.60. The minimum atomic E-state index is 0. The number of rotatable bonds is 4. The molecule has 2 aliphatic rings. The van der Waals surface area contributed by atoms with Crippen LogP contribution in [-0.2, 0) is 16.0 Å². The lowest BCUT2D eigenvalue weighted by molar-refractivity contribution is -0.122. The minimum absolute atomic E-state index is 0. The van der Waals surface area contributed by atoms with E-state index in [1.54, 1.807) is 4.90 Å². The van der Waals surface area contributed by atoms with Crippen molar-refractivity contribution in [3.63, 3.8) is 0 Å². The van der Waals surface area contributed by atoms with E-state index >= 15 is 0 Å². The molecule has 1 aromatic carbocycles. The molecule has 2 amide bonds. The average Bonchev–Trinajstić information content (AvgIpc) is 2.56. The number of carbonyl (C=O) groups excluding carboxylic acids is 2. The van der Waals surface area contributed by atoms with Crippen LogP contribution in [-0.4, -0.2) is 30.4 Å². The molecule has 6 heteroatoms. The molecule has 0 unspecified atom stereocenters. The number of benzene rings is 1. The monoisotopic (exact) mass is 351 g/mol. The van der Waals surface area contributed by atoms with Crippen LogP contribution in [0.4, 0.5) is 5.69 Å². The summed E-state index contributed by atoms with van der Waals surface area (Å²) in [5.41, 5.74) is 8.03. The van der Waals surface area contributed by atoms with Gasteiger partial charge in [0.15, 0.2) is 0 Å². The third-order valence-corrected chi connectivity index (χ3v) is 4.89. The van der Waals surface area contributed by atoms with Gasteiger partial charge >= 0.3 is 0 Å². The Labute approximate surface area is 149 Å². The summed E-state index contributed by atoms with van der Waals surface area (Å²) in [5.74, 6) is 0.140. The summed E-state index contributed by atoms with van der Waals surface area (Å²) in [6, 6.07) is 8.48. The van der Waals surface area contributed by atoms with Crippen molar-refractivity contribution in [2.45, 2.75) is 57.0 Å². The molecule has 1 aromatic rings.